The van der Waals surface area contributed by atoms with Crippen molar-refractivity contribution >= 4 is 46.3 Å². The van der Waals surface area contributed by atoms with Crippen LogP contribution in [-0.4, -0.2) is 93.1 Å². The summed E-state index contributed by atoms with van der Waals surface area (Å²) in [7, 11) is 2.25. The van der Waals surface area contributed by atoms with E-state index in [1.165, 1.54) is 12.8 Å². The summed E-state index contributed by atoms with van der Waals surface area (Å²) in [6.45, 7) is 7.04. The van der Waals surface area contributed by atoms with Gasteiger partial charge in [-0.25, -0.2) is 9.48 Å². The Hall–Kier alpha value is -3.65. The van der Waals surface area contributed by atoms with E-state index >= 15 is 0 Å². The summed E-state index contributed by atoms with van der Waals surface area (Å²) in [5.41, 5.74) is 1.30. The Morgan fingerprint density at radius 1 is 1.12 bits per heavy atom. The third-order valence-electron chi connectivity index (χ3n) is 7.43. The normalized spacial score (nSPS) is 18.9. The van der Waals surface area contributed by atoms with Crippen molar-refractivity contribution in [2.75, 3.05) is 43.4 Å². The molecule has 4 heterocycles. The quantitative estimate of drug-likeness (QED) is 0.337. The van der Waals surface area contributed by atoms with Crippen LogP contribution in [0.4, 0.5) is 24.9 Å². The molecule has 2 atom stereocenters. The fraction of sp³-hybridized carbons (Fsp3) is 0.519. The number of carboxylic acids is 1. The molecule has 2 fully saturated rings. The first-order chi connectivity index (χ1) is 19.9. The second kappa shape index (κ2) is 13.1. The first-order valence-corrected chi connectivity index (χ1v) is 14.0. The molecule has 1 aromatic carbocycles. The predicted molar refractivity (Wildman–Crippen MR) is 153 cm³/mol. The highest BCUT2D eigenvalue weighted by Crippen LogP contribution is 2.33. The minimum absolute atomic E-state index is 0.185. The van der Waals surface area contributed by atoms with Gasteiger partial charge in [-0.1, -0.05) is 23.7 Å². The Morgan fingerprint density at radius 2 is 1.81 bits per heavy atom. The fourth-order valence-corrected chi connectivity index (χ4v) is 5.42. The molecule has 42 heavy (non-hydrogen) atoms. The van der Waals surface area contributed by atoms with Crippen LogP contribution in [0, 0.1) is 0 Å². The number of hydrogen-bond donors (Lipinski definition) is 3. The lowest BCUT2D eigenvalue weighted by atomic mass is 10.1. The van der Waals surface area contributed by atoms with E-state index in [1.54, 1.807) is 24.3 Å². The summed E-state index contributed by atoms with van der Waals surface area (Å²) in [5, 5.41) is 19.4. The Bertz CT molecular complexity index is 1420. The number of carboxylic acid groups (broad SMARTS) is 1. The molecule has 228 valence electrons. The number of halogens is 4. The Labute approximate surface area is 246 Å². The third-order valence-corrected chi connectivity index (χ3v) is 7.75. The number of rotatable bonds is 7. The van der Waals surface area contributed by atoms with E-state index in [1.807, 2.05) is 10.9 Å². The smallest absolute Gasteiger partial charge is 0.475 e. The minimum Gasteiger partial charge on any atom is -0.475 e. The maximum Gasteiger partial charge on any atom is 0.490 e. The molecule has 5 rings (SSSR count). The summed E-state index contributed by atoms with van der Waals surface area (Å²) < 4.78 is 33.7. The van der Waals surface area contributed by atoms with Crippen LogP contribution in [0.2, 0.25) is 5.02 Å². The van der Waals surface area contributed by atoms with Crippen molar-refractivity contribution in [2.45, 2.75) is 57.4 Å². The number of fused-ring (bicyclic) bond motifs is 3. The zero-order valence-corrected chi connectivity index (χ0v) is 24.3. The zero-order chi connectivity index (χ0) is 30.6. The van der Waals surface area contributed by atoms with E-state index in [9.17, 15) is 18.0 Å². The number of anilines is 2. The van der Waals surface area contributed by atoms with Gasteiger partial charge < -0.3 is 20.6 Å². The number of hydrogen-bond acceptors (Lipinski definition) is 8. The van der Waals surface area contributed by atoms with E-state index in [0.717, 1.165) is 36.4 Å². The maximum atomic E-state index is 12.4. The van der Waals surface area contributed by atoms with Gasteiger partial charge in [-0.2, -0.15) is 28.2 Å². The molecule has 2 saturated heterocycles. The average Bonchev–Trinajstić information content (AvgIpc) is 3.46. The van der Waals surface area contributed by atoms with Crippen molar-refractivity contribution in [3.8, 4) is 0 Å². The molecule has 0 aliphatic carbocycles. The number of benzene rings is 1. The minimum atomic E-state index is -5.08. The van der Waals surface area contributed by atoms with Crippen LogP contribution in [-0.2, 0) is 4.79 Å². The third kappa shape index (κ3) is 7.21. The number of alkyl halides is 3. The lowest BCUT2D eigenvalue weighted by Gasteiger charge is -2.27. The summed E-state index contributed by atoms with van der Waals surface area (Å²) in [4.78, 5) is 36.0. The van der Waals surface area contributed by atoms with Gasteiger partial charge in [-0.15, -0.1) is 0 Å². The van der Waals surface area contributed by atoms with Crippen LogP contribution >= 0.6 is 11.6 Å². The molecule has 0 radical (unpaired) electrons. The van der Waals surface area contributed by atoms with Gasteiger partial charge >= 0.3 is 12.1 Å². The predicted octanol–water partition coefficient (Wildman–Crippen LogP) is 4.21. The molecule has 15 heteroatoms. The van der Waals surface area contributed by atoms with Gasteiger partial charge in [0.25, 0.3) is 5.91 Å². The first kappa shape index (κ1) is 31.3. The molecule has 3 aromatic rings. The summed E-state index contributed by atoms with van der Waals surface area (Å²) in [5.74, 6) is -1.47. The zero-order valence-electron chi connectivity index (χ0n) is 23.5. The van der Waals surface area contributed by atoms with Gasteiger partial charge in [-0.3, -0.25) is 9.69 Å². The average molecular weight is 611 g/mol. The standard InChI is InChI=1S/C25H33ClN8O.C2HF3O2/c1-16(2)34-23-20(14-29-34)22(33-13-10-17-8-9-18(15-33)32(17)3)30-25(31-23)28-12-11-27-24(35)19-6-4-5-7-21(19)26;3-2(4,5)1(6)7/h4-7,14,16-18H,8-13,15H2,1-3H3,(H,27,35)(H,28,30,31);(H,6,7). The number of nitrogens with one attached hydrogen (secondary N) is 2. The van der Waals surface area contributed by atoms with Crippen molar-refractivity contribution in [2.24, 2.45) is 0 Å². The number of carbonyl (C=O) groups excluding carboxylic acids is 1. The lowest BCUT2D eigenvalue weighted by molar-refractivity contribution is -0.192. The number of aromatic nitrogens is 4. The van der Waals surface area contributed by atoms with Crippen LogP contribution in [0.5, 0.6) is 0 Å². The van der Waals surface area contributed by atoms with Crippen molar-refractivity contribution in [1.82, 2.24) is 30.0 Å². The summed E-state index contributed by atoms with van der Waals surface area (Å²) >= 11 is 6.14. The molecule has 0 saturated carbocycles. The molecule has 0 spiro atoms. The number of aliphatic carboxylic acids is 1. The first-order valence-electron chi connectivity index (χ1n) is 13.7. The van der Waals surface area contributed by atoms with Gasteiger partial charge in [0.2, 0.25) is 5.95 Å². The van der Waals surface area contributed by atoms with E-state index in [-0.39, 0.29) is 11.9 Å². The topological polar surface area (TPSA) is 129 Å². The lowest BCUT2D eigenvalue weighted by Crippen LogP contribution is -2.37. The Morgan fingerprint density at radius 3 is 2.48 bits per heavy atom. The number of likely N-dealkylation sites (N-methyl/N-ethyl adjacent to an activating group) is 1. The maximum absolute atomic E-state index is 12.4. The van der Waals surface area contributed by atoms with Gasteiger partial charge in [0.05, 0.1) is 22.2 Å². The second-order valence-electron chi connectivity index (χ2n) is 10.5. The number of carbonyl (C=O) groups is 2. The molecule has 1 amide bonds. The van der Waals surface area contributed by atoms with Gasteiger partial charge in [-0.05, 0) is 52.3 Å². The Balaban J connectivity index is 0.000000517. The molecule has 2 aliphatic rings. The van der Waals surface area contributed by atoms with Crippen LogP contribution in [0.3, 0.4) is 0 Å². The number of nitrogens with zero attached hydrogens (tertiary/aromatic N) is 6. The fourth-order valence-electron chi connectivity index (χ4n) is 5.20. The second-order valence-corrected chi connectivity index (χ2v) is 10.9. The molecule has 2 aromatic heterocycles. The van der Waals surface area contributed by atoms with Crippen molar-refractivity contribution < 1.29 is 27.9 Å². The van der Waals surface area contributed by atoms with E-state index in [0.29, 0.717) is 41.7 Å². The molecular formula is C27H34ClF3N8O3. The SMILES string of the molecule is CC(C)n1ncc2c(N3CCC4CCC(C3)N4C)nc(NCCNC(=O)c3ccccc3Cl)nc21.O=C(O)C(F)(F)F. The van der Waals surface area contributed by atoms with Gasteiger partial charge in [0, 0.05) is 44.3 Å². The molecule has 2 bridgehead atoms. The molecule has 11 nitrogen and oxygen atoms in total. The summed E-state index contributed by atoms with van der Waals surface area (Å²) in [6.07, 6.45) is 0.457. The number of amides is 1. The van der Waals surface area contributed by atoms with E-state index in [2.05, 4.69) is 46.4 Å². The molecule has 2 unspecified atom stereocenters. The highest BCUT2D eigenvalue weighted by atomic mass is 35.5. The molecule has 3 N–H and O–H groups in total. The van der Waals surface area contributed by atoms with Crippen molar-refractivity contribution in [3.63, 3.8) is 0 Å². The van der Waals surface area contributed by atoms with Crippen LogP contribution in [0.15, 0.2) is 30.5 Å². The highest BCUT2D eigenvalue weighted by molar-refractivity contribution is 6.33. The van der Waals surface area contributed by atoms with Crippen molar-refractivity contribution in [3.05, 3.63) is 41.0 Å². The van der Waals surface area contributed by atoms with E-state index in [4.69, 9.17) is 31.5 Å². The Kier molecular flexibility index (Phi) is 9.77. The van der Waals surface area contributed by atoms with E-state index < -0.39 is 12.1 Å². The largest absolute Gasteiger partial charge is 0.490 e. The van der Waals surface area contributed by atoms with Crippen LogP contribution in [0.25, 0.3) is 11.0 Å². The van der Waals surface area contributed by atoms with Gasteiger partial charge in [0.1, 0.15) is 5.82 Å². The van der Waals surface area contributed by atoms with Gasteiger partial charge in [0.15, 0.2) is 5.65 Å². The molecule has 2 aliphatic heterocycles. The highest BCUT2D eigenvalue weighted by Gasteiger charge is 2.38. The summed E-state index contributed by atoms with van der Waals surface area (Å²) in [6, 6.07) is 8.42. The molecular weight excluding hydrogens is 577 g/mol. The van der Waals surface area contributed by atoms with Crippen LogP contribution in [0.1, 0.15) is 49.5 Å². The monoisotopic (exact) mass is 610 g/mol. The van der Waals surface area contributed by atoms with Crippen LogP contribution < -0.4 is 15.5 Å². The van der Waals surface area contributed by atoms with Crippen molar-refractivity contribution in [1.29, 1.82) is 0 Å².